The van der Waals surface area contributed by atoms with E-state index >= 15 is 0 Å². The normalized spacial score (nSPS) is 12.5. The molecular formula is C20H20F2N4O5. The first-order valence-electron chi connectivity index (χ1n) is 9.11. The highest BCUT2D eigenvalue weighted by Crippen LogP contribution is 2.19. The third-order valence-electron chi connectivity index (χ3n) is 4.38. The van der Waals surface area contributed by atoms with Gasteiger partial charge in [0.05, 0.1) is 4.92 Å². The molecular weight excluding hydrogens is 414 g/mol. The number of carbonyl (C=O) groups is 3. The summed E-state index contributed by atoms with van der Waals surface area (Å²) in [5.41, 5.74) is 4.89. The fourth-order valence-electron chi connectivity index (χ4n) is 2.89. The summed E-state index contributed by atoms with van der Waals surface area (Å²) in [6, 6.07) is 6.18. The van der Waals surface area contributed by atoms with E-state index in [2.05, 4.69) is 10.6 Å². The maximum absolute atomic E-state index is 14.0. The van der Waals surface area contributed by atoms with Crippen molar-refractivity contribution < 1.29 is 28.1 Å². The number of rotatable bonds is 9. The lowest BCUT2D eigenvalue weighted by atomic mass is 10.0. The van der Waals surface area contributed by atoms with E-state index in [-0.39, 0.29) is 24.0 Å². The number of nitrogens with two attached hydrogens (primary N) is 1. The smallest absolute Gasteiger partial charge is 0.305 e. The van der Waals surface area contributed by atoms with Crippen LogP contribution in [0.4, 0.5) is 14.5 Å². The molecule has 11 heteroatoms. The van der Waals surface area contributed by atoms with Crippen molar-refractivity contribution in [1.29, 1.82) is 0 Å². The molecule has 2 aromatic carbocycles. The molecule has 4 N–H and O–H groups in total. The van der Waals surface area contributed by atoms with E-state index in [0.29, 0.717) is 0 Å². The van der Waals surface area contributed by atoms with Crippen molar-refractivity contribution in [2.45, 2.75) is 31.8 Å². The molecule has 0 aromatic heterocycles. The van der Waals surface area contributed by atoms with E-state index in [1.807, 2.05) is 0 Å². The number of primary amides is 1. The van der Waals surface area contributed by atoms with Crippen molar-refractivity contribution in [2.24, 2.45) is 5.73 Å². The molecule has 3 amide bonds. The number of nitrogens with zero attached hydrogens (tertiary/aromatic N) is 1. The monoisotopic (exact) mass is 434 g/mol. The van der Waals surface area contributed by atoms with E-state index in [4.69, 9.17) is 5.73 Å². The molecule has 0 radical (unpaired) electrons. The van der Waals surface area contributed by atoms with Crippen LogP contribution in [-0.2, 0) is 27.2 Å². The minimum atomic E-state index is -1.31. The number of nitro groups is 1. The molecule has 0 heterocycles. The molecule has 164 valence electrons. The Morgan fingerprint density at radius 3 is 2.29 bits per heavy atom. The molecule has 0 saturated heterocycles. The highest BCUT2D eigenvalue weighted by atomic mass is 19.1. The maximum atomic E-state index is 14.0. The van der Waals surface area contributed by atoms with Gasteiger partial charge in [0.25, 0.3) is 0 Å². The summed E-state index contributed by atoms with van der Waals surface area (Å²) in [7, 11) is 0. The minimum Gasteiger partial charge on any atom is -0.368 e. The number of nitro benzene ring substituents is 1. The van der Waals surface area contributed by atoms with Gasteiger partial charge in [0.15, 0.2) is 0 Å². The van der Waals surface area contributed by atoms with E-state index in [1.54, 1.807) is 6.07 Å². The summed E-state index contributed by atoms with van der Waals surface area (Å²) < 4.78 is 27.5. The predicted molar refractivity (Wildman–Crippen MR) is 106 cm³/mol. The Balaban J connectivity index is 2.21. The van der Waals surface area contributed by atoms with E-state index < -0.39 is 52.1 Å². The molecule has 0 aliphatic rings. The molecule has 0 fully saturated rings. The van der Waals surface area contributed by atoms with Crippen LogP contribution in [0, 0.1) is 21.7 Å². The summed E-state index contributed by atoms with van der Waals surface area (Å²) in [5, 5.41) is 15.6. The lowest BCUT2D eigenvalue weighted by Crippen LogP contribution is -2.54. The lowest BCUT2D eigenvalue weighted by molar-refractivity contribution is -0.387. The third-order valence-corrected chi connectivity index (χ3v) is 4.38. The average Bonchev–Trinajstić information content (AvgIpc) is 2.69. The Kier molecular flexibility index (Phi) is 7.72. The highest BCUT2D eigenvalue weighted by Gasteiger charge is 2.27. The van der Waals surface area contributed by atoms with Crippen LogP contribution in [-0.4, -0.2) is 34.7 Å². The fourth-order valence-corrected chi connectivity index (χ4v) is 2.89. The van der Waals surface area contributed by atoms with Gasteiger partial charge in [-0.25, -0.2) is 4.39 Å². The third kappa shape index (κ3) is 6.56. The summed E-state index contributed by atoms with van der Waals surface area (Å²) in [4.78, 5) is 46.0. The topological polar surface area (TPSA) is 144 Å². The van der Waals surface area contributed by atoms with Crippen LogP contribution in [0.25, 0.3) is 0 Å². The Morgan fingerprint density at radius 2 is 1.71 bits per heavy atom. The summed E-state index contributed by atoms with van der Waals surface area (Å²) in [6.07, 6.45) is -0.444. The van der Waals surface area contributed by atoms with Crippen molar-refractivity contribution >= 4 is 23.4 Å². The van der Waals surface area contributed by atoms with Crippen LogP contribution >= 0.6 is 0 Å². The molecule has 2 aromatic rings. The molecule has 0 saturated carbocycles. The first kappa shape index (κ1) is 23.4. The second-order valence-electron chi connectivity index (χ2n) is 6.76. The number of hydrogen-bond acceptors (Lipinski definition) is 5. The van der Waals surface area contributed by atoms with E-state index in [9.17, 15) is 33.3 Å². The van der Waals surface area contributed by atoms with Crippen LogP contribution in [0.1, 0.15) is 18.1 Å². The first-order chi connectivity index (χ1) is 14.6. The summed E-state index contributed by atoms with van der Waals surface area (Å²) in [5.74, 6) is -3.94. The Hall–Kier alpha value is -3.89. The van der Waals surface area contributed by atoms with Gasteiger partial charge in [0.2, 0.25) is 23.5 Å². The van der Waals surface area contributed by atoms with Crippen LogP contribution in [0.15, 0.2) is 42.5 Å². The summed E-state index contributed by atoms with van der Waals surface area (Å²) >= 11 is 0. The van der Waals surface area contributed by atoms with Gasteiger partial charge < -0.3 is 16.4 Å². The summed E-state index contributed by atoms with van der Waals surface area (Å²) in [6.45, 7) is 1.17. The van der Waals surface area contributed by atoms with Gasteiger partial charge in [0.1, 0.15) is 17.9 Å². The van der Waals surface area contributed by atoms with Crippen molar-refractivity contribution in [1.82, 2.24) is 10.6 Å². The van der Waals surface area contributed by atoms with Gasteiger partial charge in [-0.1, -0.05) is 24.3 Å². The maximum Gasteiger partial charge on any atom is 0.305 e. The second-order valence-corrected chi connectivity index (χ2v) is 6.76. The van der Waals surface area contributed by atoms with Crippen LogP contribution in [0.2, 0.25) is 0 Å². The molecule has 0 spiro atoms. The molecule has 0 aliphatic carbocycles. The number of carbonyl (C=O) groups excluding carboxylic acids is 3. The van der Waals surface area contributed by atoms with E-state index in [1.165, 1.54) is 31.2 Å². The lowest BCUT2D eigenvalue weighted by Gasteiger charge is -2.22. The molecule has 0 aliphatic heterocycles. The fraction of sp³-hybridized carbons (Fsp3) is 0.250. The first-order valence-corrected chi connectivity index (χ1v) is 9.11. The Bertz CT molecular complexity index is 1010. The second kappa shape index (κ2) is 10.2. The predicted octanol–water partition coefficient (Wildman–Crippen LogP) is 1.13. The molecule has 0 bridgehead atoms. The van der Waals surface area contributed by atoms with Gasteiger partial charge in [-0.2, -0.15) is 4.39 Å². The average molecular weight is 434 g/mol. The zero-order valence-electron chi connectivity index (χ0n) is 16.4. The molecule has 0 unspecified atom stereocenters. The minimum absolute atomic E-state index is 0.168. The zero-order valence-corrected chi connectivity index (χ0v) is 16.4. The van der Waals surface area contributed by atoms with Crippen molar-refractivity contribution in [3.8, 4) is 0 Å². The zero-order chi connectivity index (χ0) is 23.1. The SMILES string of the molecule is CC(=O)N[C@H](Cc1ccccc1F)C(=O)N[C@H](Cc1ccc(F)c([N+](=O)[O-])c1)C(N)=O. The molecule has 9 nitrogen and oxygen atoms in total. The number of amides is 3. The number of hydrogen-bond donors (Lipinski definition) is 3. The Morgan fingerprint density at radius 1 is 1.03 bits per heavy atom. The van der Waals surface area contributed by atoms with Crippen molar-refractivity contribution in [3.05, 3.63) is 75.3 Å². The number of benzene rings is 2. The van der Waals surface area contributed by atoms with Crippen LogP contribution in [0.3, 0.4) is 0 Å². The standard InChI is InChI=1S/C20H20F2N4O5/c1-11(27)24-17(10-13-4-2-3-5-14(13)21)20(29)25-16(19(23)28)8-12-6-7-15(22)18(9-12)26(30)31/h2-7,9,16-17H,8,10H2,1H3,(H2,23,28)(H,24,27)(H,25,29)/t16-,17-/m1/s1. The molecule has 2 atom stereocenters. The number of nitrogens with one attached hydrogen (secondary N) is 2. The van der Waals surface area contributed by atoms with Gasteiger partial charge in [-0.05, 0) is 23.3 Å². The van der Waals surface area contributed by atoms with Crippen LogP contribution in [0.5, 0.6) is 0 Å². The van der Waals surface area contributed by atoms with Gasteiger partial charge in [-0.15, -0.1) is 0 Å². The molecule has 2 rings (SSSR count). The van der Waals surface area contributed by atoms with Gasteiger partial charge in [-0.3, -0.25) is 24.5 Å². The van der Waals surface area contributed by atoms with E-state index in [0.717, 1.165) is 12.1 Å². The van der Waals surface area contributed by atoms with Gasteiger partial charge >= 0.3 is 5.69 Å². The Labute approximate surface area is 175 Å². The van der Waals surface area contributed by atoms with Crippen molar-refractivity contribution in [3.63, 3.8) is 0 Å². The number of halogens is 2. The highest BCUT2D eigenvalue weighted by molar-refractivity contribution is 5.91. The van der Waals surface area contributed by atoms with Gasteiger partial charge in [0, 0.05) is 25.8 Å². The van der Waals surface area contributed by atoms with Crippen molar-refractivity contribution in [2.75, 3.05) is 0 Å². The molecule has 31 heavy (non-hydrogen) atoms. The van der Waals surface area contributed by atoms with Crippen LogP contribution < -0.4 is 16.4 Å². The largest absolute Gasteiger partial charge is 0.368 e. The quantitative estimate of drug-likeness (QED) is 0.400.